The summed E-state index contributed by atoms with van der Waals surface area (Å²) in [5.74, 6) is 0. The zero-order valence-electron chi connectivity index (χ0n) is 10.3. The van der Waals surface area contributed by atoms with Gasteiger partial charge in [0.05, 0.1) is 0 Å². The van der Waals surface area contributed by atoms with E-state index in [1.807, 2.05) is 6.07 Å². The molecule has 0 amide bonds. The fraction of sp³-hybridized carbons (Fsp3) is 0.462. The average molecular weight is 231 g/mol. The lowest BCUT2D eigenvalue weighted by Gasteiger charge is -2.25. The molecular formula is C13H17N3O. The van der Waals surface area contributed by atoms with Crippen LogP contribution in [0.5, 0.6) is 0 Å². The van der Waals surface area contributed by atoms with Crippen LogP contribution in [-0.2, 0) is 0 Å². The second-order valence-corrected chi connectivity index (χ2v) is 4.59. The number of aromatic nitrogens is 1. The van der Waals surface area contributed by atoms with Gasteiger partial charge in [0.15, 0.2) is 5.58 Å². The van der Waals surface area contributed by atoms with E-state index < -0.39 is 0 Å². The highest BCUT2D eigenvalue weighted by Crippen LogP contribution is 2.26. The van der Waals surface area contributed by atoms with Crippen LogP contribution in [0.1, 0.15) is 11.1 Å². The molecule has 0 radical (unpaired) electrons. The van der Waals surface area contributed by atoms with Crippen LogP contribution in [0.3, 0.4) is 0 Å². The molecule has 0 atom stereocenters. The van der Waals surface area contributed by atoms with Crippen LogP contribution in [0, 0.1) is 13.8 Å². The van der Waals surface area contributed by atoms with Crippen LogP contribution in [0.4, 0.5) is 6.01 Å². The van der Waals surface area contributed by atoms with Gasteiger partial charge in [-0.1, -0.05) is 6.07 Å². The Morgan fingerprint density at radius 3 is 2.76 bits per heavy atom. The smallest absolute Gasteiger partial charge is 0.298 e. The van der Waals surface area contributed by atoms with Crippen molar-refractivity contribution in [3.05, 3.63) is 23.3 Å². The van der Waals surface area contributed by atoms with Gasteiger partial charge in [0.2, 0.25) is 0 Å². The molecule has 1 aliphatic heterocycles. The topological polar surface area (TPSA) is 41.3 Å². The fourth-order valence-corrected chi connectivity index (χ4v) is 2.21. The van der Waals surface area contributed by atoms with Crippen molar-refractivity contribution in [3.8, 4) is 0 Å². The van der Waals surface area contributed by atoms with E-state index in [4.69, 9.17) is 4.42 Å². The first-order chi connectivity index (χ1) is 8.25. The molecule has 17 heavy (non-hydrogen) atoms. The predicted octanol–water partition coefficient (Wildman–Crippen LogP) is 1.85. The van der Waals surface area contributed by atoms with Crippen molar-refractivity contribution < 1.29 is 4.42 Å². The Labute approximate surface area is 101 Å². The lowest BCUT2D eigenvalue weighted by Crippen LogP contribution is -2.43. The monoisotopic (exact) mass is 231 g/mol. The molecule has 4 heteroatoms. The molecule has 1 N–H and O–H groups in total. The number of nitrogens with one attached hydrogen (secondary N) is 1. The Kier molecular flexibility index (Phi) is 2.52. The van der Waals surface area contributed by atoms with Gasteiger partial charge in [0, 0.05) is 26.2 Å². The molecule has 1 fully saturated rings. The molecule has 0 saturated carbocycles. The molecule has 2 heterocycles. The van der Waals surface area contributed by atoms with Gasteiger partial charge >= 0.3 is 0 Å². The van der Waals surface area contributed by atoms with Gasteiger partial charge in [-0.25, -0.2) is 0 Å². The number of nitrogens with zero attached hydrogens (tertiary/aromatic N) is 2. The molecule has 0 unspecified atom stereocenters. The number of benzene rings is 1. The first-order valence-corrected chi connectivity index (χ1v) is 6.08. The van der Waals surface area contributed by atoms with Crippen LogP contribution in [0.25, 0.3) is 11.1 Å². The summed E-state index contributed by atoms with van der Waals surface area (Å²) in [6.07, 6.45) is 0. The summed E-state index contributed by atoms with van der Waals surface area (Å²) >= 11 is 0. The number of anilines is 1. The maximum absolute atomic E-state index is 5.83. The molecule has 1 saturated heterocycles. The van der Waals surface area contributed by atoms with Crippen molar-refractivity contribution in [3.63, 3.8) is 0 Å². The molecular weight excluding hydrogens is 214 g/mol. The summed E-state index contributed by atoms with van der Waals surface area (Å²) in [6.45, 7) is 8.12. The Hall–Kier alpha value is -1.55. The Morgan fingerprint density at radius 1 is 1.24 bits per heavy atom. The van der Waals surface area contributed by atoms with E-state index in [1.54, 1.807) is 0 Å². The number of hydrogen-bond donors (Lipinski definition) is 1. The van der Waals surface area contributed by atoms with E-state index >= 15 is 0 Å². The normalized spacial score (nSPS) is 16.7. The van der Waals surface area contributed by atoms with Crippen LogP contribution in [0.2, 0.25) is 0 Å². The summed E-state index contributed by atoms with van der Waals surface area (Å²) in [7, 11) is 0. The molecule has 0 spiro atoms. The molecule has 0 aliphatic carbocycles. The summed E-state index contributed by atoms with van der Waals surface area (Å²) in [4.78, 5) is 6.83. The first kappa shape index (κ1) is 10.6. The van der Waals surface area contributed by atoms with Crippen molar-refractivity contribution >= 4 is 17.1 Å². The third kappa shape index (κ3) is 1.78. The summed E-state index contributed by atoms with van der Waals surface area (Å²) in [6, 6.07) is 4.86. The van der Waals surface area contributed by atoms with Gasteiger partial charge in [-0.05, 0) is 31.0 Å². The summed E-state index contributed by atoms with van der Waals surface area (Å²) in [5.41, 5.74) is 4.37. The summed E-state index contributed by atoms with van der Waals surface area (Å²) < 4.78 is 5.83. The number of oxazole rings is 1. The Bertz CT molecular complexity index is 541. The zero-order valence-corrected chi connectivity index (χ0v) is 10.3. The van der Waals surface area contributed by atoms with E-state index in [0.29, 0.717) is 0 Å². The van der Waals surface area contributed by atoms with Crippen LogP contribution < -0.4 is 10.2 Å². The SMILES string of the molecule is Cc1ccc2oc(N3CCNCC3)nc2c1C. The number of aryl methyl sites for hydroxylation is 2. The first-order valence-electron chi connectivity index (χ1n) is 6.08. The second-order valence-electron chi connectivity index (χ2n) is 4.59. The lowest BCUT2D eigenvalue weighted by atomic mass is 10.1. The zero-order chi connectivity index (χ0) is 11.8. The molecule has 1 aliphatic rings. The van der Waals surface area contributed by atoms with Gasteiger partial charge in [-0.3, -0.25) is 0 Å². The van der Waals surface area contributed by atoms with Gasteiger partial charge < -0.3 is 14.6 Å². The van der Waals surface area contributed by atoms with Crippen molar-refractivity contribution in [2.24, 2.45) is 0 Å². The van der Waals surface area contributed by atoms with Crippen LogP contribution in [-0.4, -0.2) is 31.2 Å². The van der Waals surface area contributed by atoms with E-state index in [-0.39, 0.29) is 0 Å². The van der Waals surface area contributed by atoms with Crippen molar-refractivity contribution in [1.82, 2.24) is 10.3 Å². The quantitative estimate of drug-likeness (QED) is 0.813. The summed E-state index contributed by atoms with van der Waals surface area (Å²) in [5, 5.41) is 3.33. The minimum atomic E-state index is 0.759. The van der Waals surface area contributed by atoms with E-state index in [1.165, 1.54) is 11.1 Å². The van der Waals surface area contributed by atoms with Gasteiger partial charge in [-0.15, -0.1) is 0 Å². The largest absolute Gasteiger partial charge is 0.423 e. The third-order valence-corrected chi connectivity index (χ3v) is 3.46. The number of rotatable bonds is 1. The highest BCUT2D eigenvalue weighted by molar-refractivity contribution is 5.79. The highest BCUT2D eigenvalue weighted by Gasteiger charge is 2.17. The van der Waals surface area contributed by atoms with Crippen LogP contribution >= 0.6 is 0 Å². The molecule has 3 rings (SSSR count). The average Bonchev–Trinajstić information content (AvgIpc) is 2.80. The molecule has 4 nitrogen and oxygen atoms in total. The van der Waals surface area contributed by atoms with Gasteiger partial charge in [0.1, 0.15) is 5.52 Å². The maximum Gasteiger partial charge on any atom is 0.298 e. The van der Waals surface area contributed by atoms with Gasteiger partial charge in [-0.2, -0.15) is 4.98 Å². The number of piperazine rings is 1. The minimum Gasteiger partial charge on any atom is -0.423 e. The molecule has 0 bridgehead atoms. The lowest BCUT2D eigenvalue weighted by molar-refractivity contribution is 0.517. The van der Waals surface area contributed by atoms with Gasteiger partial charge in [0.25, 0.3) is 6.01 Å². The standard InChI is InChI=1S/C13H17N3O/c1-9-3-4-11-12(10(9)2)15-13(17-11)16-7-5-14-6-8-16/h3-4,14H,5-8H2,1-2H3. The highest BCUT2D eigenvalue weighted by atomic mass is 16.4. The molecule has 1 aromatic carbocycles. The van der Waals surface area contributed by atoms with Crippen LogP contribution in [0.15, 0.2) is 16.5 Å². The fourth-order valence-electron chi connectivity index (χ4n) is 2.21. The van der Waals surface area contributed by atoms with E-state index in [9.17, 15) is 0 Å². The third-order valence-electron chi connectivity index (χ3n) is 3.46. The molecule has 2 aromatic rings. The van der Waals surface area contributed by atoms with Crippen molar-refractivity contribution in [2.75, 3.05) is 31.1 Å². The number of hydrogen-bond acceptors (Lipinski definition) is 4. The van der Waals surface area contributed by atoms with E-state index in [2.05, 4.69) is 35.1 Å². The number of fused-ring (bicyclic) bond motifs is 1. The predicted molar refractivity (Wildman–Crippen MR) is 68.6 cm³/mol. The van der Waals surface area contributed by atoms with E-state index in [0.717, 1.165) is 43.3 Å². The minimum absolute atomic E-state index is 0.759. The van der Waals surface area contributed by atoms with Crippen molar-refractivity contribution in [1.29, 1.82) is 0 Å². The molecule has 1 aromatic heterocycles. The Morgan fingerprint density at radius 2 is 2.00 bits per heavy atom. The maximum atomic E-state index is 5.83. The Balaban J connectivity index is 2.04. The second kappa shape index (κ2) is 4.04. The molecule has 90 valence electrons. The van der Waals surface area contributed by atoms with Crippen molar-refractivity contribution in [2.45, 2.75) is 13.8 Å².